The zero-order valence-electron chi connectivity index (χ0n) is 9.00. The normalized spacial score (nSPS) is 21.6. The first-order valence-corrected chi connectivity index (χ1v) is 5.80. The Bertz CT molecular complexity index is 272. The lowest BCUT2D eigenvalue weighted by Gasteiger charge is -2.14. The summed E-state index contributed by atoms with van der Waals surface area (Å²) >= 11 is 0. The van der Waals surface area contributed by atoms with Crippen LogP contribution in [0.15, 0.2) is 18.3 Å². The number of aryl methyl sites for hydroxylation is 1. The minimum Gasteiger partial charge on any atom is -0.350 e. The first kappa shape index (κ1) is 9.78. The third-order valence-electron chi connectivity index (χ3n) is 3.03. The van der Waals surface area contributed by atoms with E-state index in [1.165, 1.54) is 44.5 Å². The Labute approximate surface area is 86.3 Å². The molecular formula is C12H20N2. The van der Waals surface area contributed by atoms with Crippen molar-refractivity contribution >= 4 is 0 Å². The fourth-order valence-corrected chi connectivity index (χ4v) is 2.21. The van der Waals surface area contributed by atoms with Crippen LogP contribution in [0.3, 0.4) is 0 Å². The lowest BCUT2D eigenvalue weighted by molar-refractivity contribution is 0.545. The molecule has 1 aliphatic heterocycles. The maximum atomic E-state index is 3.55. The minimum absolute atomic E-state index is 0.613. The summed E-state index contributed by atoms with van der Waals surface area (Å²) in [5.41, 5.74) is 1.48. The van der Waals surface area contributed by atoms with Crippen LogP contribution in [0.2, 0.25) is 0 Å². The molecular weight excluding hydrogens is 172 g/mol. The van der Waals surface area contributed by atoms with Gasteiger partial charge >= 0.3 is 0 Å². The zero-order valence-corrected chi connectivity index (χ0v) is 9.00. The van der Waals surface area contributed by atoms with Gasteiger partial charge < -0.3 is 9.88 Å². The molecule has 0 spiro atoms. The van der Waals surface area contributed by atoms with Gasteiger partial charge in [0, 0.05) is 24.5 Å². The van der Waals surface area contributed by atoms with Gasteiger partial charge in [-0.25, -0.2) is 0 Å². The van der Waals surface area contributed by atoms with Crippen LogP contribution in [0, 0.1) is 0 Å². The van der Waals surface area contributed by atoms with Gasteiger partial charge in [0.2, 0.25) is 0 Å². The van der Waals surface area contributed by atoms with E-state index < -0.39 is 0 Å². The van der Waals surface area contributed by atoms with Gasteiger partial charge in [-0.15, -0.1) is 0 Å². The van der Waals surface area contributed by atoms with E-state index in [1.807, 2.05) is 0 Å². The smallest absolute Gasteiger partial charge is 0.0475 e. The molecule has 0 amide bonds. The molecule has 1 N–H and O–H groups in total. The van der Waals surface area contributed by atoms with Crippen molar-refractivity contribution in [3.8, 4) is 0 Å². The molecule has 1 aromatic rings. The molecule has 0 radical (unpaired) electrons. The van der Waals surface area contributed by atoms with Gasteiger partial charge in [0.05, 0.1) is 0 Å². The molecule has 0 saturated carbocycles. The third-order valence-corrected chi connectivity index (χ3v) is 3.03. The average Bonchev–Trinajstić information content (AvgIpc) is 2.84. The van der Waals surface area contributed by atoms with Gasteiger partial charge in [0.15, 0.2) is 0 Å². The van der Waals surface area contributed by atoms with Crippen LogP contribution >= 0.6 is 0 Å². The third kappa shape index (κ3) is 2.01. The number of unbranched alkanes of at least 4 members (excludes halogenated alkanes) is 1. The molecule has 1 atom stereocenters. The van der Waals surface area contributed by atoms with Crippen molar-refractivity contribution < 1.29 is 0 Å². The summed E-state index contributed by atoms with van der Waals surface area (Å²) in [5.74, 6) is 0. The highest BCUT2D eigenvalue weighted by Gasteiger charge is 2.18. The van der Waals surface area contributed by atoms with Crippen molar-refractivity contribution in [1.29, 1.82) is 0 Å². The summed E-state index contributed by atoms with van der Waals surface area (Å²) in [6, 6.07) is 5.05. The summed E-state index contributed by atoms with van der Waals surface area (Å²) in [6.07, 6.45) is 7.40. The van der Waals surface area contributed by atoms with Gasteiger partial charge in [0.25, 0.3) is 0 Å². The molecule has 0 bridgehead atoms. The Kier molecular flexibility index (Phi) is 3.25. The second-order valence-electron chi connectivity index (χ2n) is 4.13. The highest BCUT2D eigenvalue weighted by Crippen LogP contribution is 2.23. The molecule has 1 aliphatic rings. The van der Waals surface area contributed by atoms with Gasteiger partial charge in [0.1, 0.15) is 0 Å². The molecule has 2 heterocycles. The van der Waals surface area contributed by atoms with Gasteiger partial charge in [-0.2, -0.15) is 0 Å². The lowest BCUT2D eigenvalue weighted by atomic mass is 10.1. The van der Waals surface area contributed by atoms with Crippen molar-refractivity contribution in [3.05, 3.63) is 24.0 Å². The molecule has 14 heavy (non-hydrogen) atoms. The second kappa shape index (κ2) is 4.65. The summed E-state index contributed by atoms with van der Waals surface area (Å²) in [5, 5.41) is 3.55. The van der Waals surface area contributed by atoms with E-state index in [1.54, 1.807) is 0 Å². The Hall–Kier alpha value is -0.760. The maximum absolute atomic E-state index is 3.55. The Morgan fingerprint density at radius 1 is 1.57 bits per heavy atom. The Morgan fingerprint density at radius 2 is 2.50 bits per heavy atom. The molecule has 2 nitrogen and oxygen atoms in total. The number of aromatic nitrogens is 1. The van der Waals surface area contributed by atoms with Crippen LogP contribution < -0.4 is 5.32 Å². The number of hydrogen-bond acceptors (Lipinski definition) is 1. The van der Waals surface area contributed by atoms with E-state index >= 15 is 0 Å². The summed E-state index contributed by atoms with van der Waals surface area (Å²) in [6.45, 7) is 4.61. The van der Waals surface area contributed by atoms with Crippen LogP contribution in [0.5, 0.6) is 0 Å². The summed E-state index contributed by atoms with van der Waals surface area (Å²) in [4.78, 5) is 0. The van der Waals surface area contributed by atoms with Crippen LogP contribution in [0.4, 0.5) is 0 Å². The number of rotatable bonds is 4. The largest absolute Gasteiger partial charge is 0.350 e. The van der Waals surface area contributed by atoms with Crippen molar-refractivity contribution in [3.63, 3.8) is 0 Å². The predicted octanol–water partition coefficient (Wildman–Crippen LogP) is 2.71. The van der Waals surface area contributed by atoms with Crippen molar-refractivity contribution in [2.75, 3.05) is 6.54 Å². The molecule has 2 rings (SSSR count). The number of hydrogen-bond donors (Lipinski definition) is 1. The molecule has 0 aromatic carbocycles. The molecule has 2 heteroatoms. The second-order valence-corrected chi connectivity index (χ2v) is 4.13. The predicted molar refractivity (Wildman–Crippen MR) is 59.3 cm³/mol. The monoisotopic (exact) mass is 192 g/mol. The van der Waals surface area contributed by atoms with Crippen molar-refractivity contribution in [1.82, 2.24) is 9.88 Å². The van der Waals surface area contributed by atoms with Crippen LogP contribution in [0.1, 0.15) is 44.3 Å². The van der Waals surface area contributed by atoms with Crippen LogP contribution in [0.25, 0.3) is 0 Å². The minimum atomic E-state index is 0.613. The SMILES string of the molecule is CCCCn1cccc1[C@H]1CCCN1. The van der Waals surface area contributed by atoms with Gasteiger partial charge in [-0.1, -0.05) is 13.3 Å². The van der Waals surface area contributed by atoms with E-state index in [9.17, 15) is 0 Å². The fraction of sp³-hybridized carbons (Fsp3) is 0.667. The van der Waals surface area contributed by atoms with Crippen molar-refractivity contribution in [2.24, 2.45) is 0 Å². The Morgan fingerprint density at radius 3 is 3.21 bits per heavy atom. The molecule has 1 aromatic heterocycles. The van der Waals surface area contributed by atoms with Gasteiger partial charge in [-0.3, -0.25) is 0 Å². The standard InChI is InChI=1S/C12H20N2/c1-2-3-9-14-10-5-7-12(14)11-6-4-8-13-11/h5,7,10-11,13H,2-4,6,8-9H2,1H3/t11-/m1/s1. The first-order chi connectivity index (χ1) is 6.92. The first-order valence-electron chi connectivity index (χ1n) is 5.80. The van der Waals surface area contributed by atoms with E-state index in [-0.39, 0.29) is 0 Å². The zero-order chi connectivity index (χ0) is 9.80. The summed E-state index contributed by atoms with van der Waals surface area (Å²) in [7, 11) is 0. The highest BCUT2D eigenvalue weighted by molar-refractivity contribution is 5.13. The summed E-state index contributed by atoms with van der Waals surface area (Å²) < 4.78 is 2.41. The molecule has 78 valence electrons. The highest BCUT2D eigenvalue weighted by atomic mass is 15.0. The van der Waals surface area contributed by atoms with E-state index in [0.717, 1.165) is 0 Å². The lowest BCUT2D eigenvalue weighted by Crippen LogP contribution is -2.16. The number of nitrogens with one attached hydrogen (secondary N) is 1. The molecule has 1 saturated heterocycles. The van der Waals surface area contributed by atoms with Crippen LogP contribution in [-0.4, -0.2) is 11.1 Å². The van der Waals surface area contributed by atoms with Crippen molar-refractivity contribution in [2.45, 2.75) is 45.2 Å². The molecule has 0 aliphatic carbocycles. The topological polar surface area (TPSA) is 17.0 Å². The maximum Gasteiger partial charge on any atom is 0.0475 e. The average molecular weight is 192 g/mol. The molecule has 1 fully saturated rings. The number of nitrogens with zero attached hydrogens (tertiary/aromatic N) is 1. The molecule has 0 unspecified atom stereocenters. The quantitative estimate of drug-likeness (QED) is 0.776. The van der Waals surface area contributed by atoms with E-state index in [4.69, 9.17) is 0 Å². The fourth-order valence-electron chi connectivity index (χ4n) is 2.21. The van der Waals surface area contributed by atoms with Crippen LogP contribution in [-0.2, 0) is 6.54 Å². The van der Waals surface area contributed by atoms with E-state index in [2.05, 4.69) is 35.1 Å². The van der Waals surface area contributed by atoms with Gasteiger partial charge in [-0.05, 0) is 37.9 Å². The van der Waals surface area contributed by atoms with E-state index in [0.29, 0.717) is 6.04 Å². The Balaban J connectivity index is 2.04.